The number of benzene rings is 2. The zero-order valence-electron chi connectivity index (χ0n) is 19.1. The zero-order valence-corrected chi connectivity index (χ0v) is 19.1. The number of Topliss-reactive ketones (excluding diaryl/α,β-unsaturated/α-hetero) is 1. The topological polar surface area (TPSA) is 88.1 Å². The van der Waals surface area contributed by atoms with E-state index in [2.05, 4.69) is 18.8 Å². The largest absolute Gasteiger partial charge is 0.497 e. The zero-order chi connectivity index (χ0) is 23.7. The molecule has 33 heavy (non-hydrogen) atoms. The van der Waals surface area contributed by atoms with Gasteiger partial charge in [0, 0.05) is 12.1 Å². The van der Waals surface area contributed by atoms with Crippen LogP contribution < -0.4 is 16.0 Å². The van der Waals surface area contributed by atoms with E-state index < -0.39 is 11.2 Å². The first-order chi connectivity index (χ1) is 15.8. The van der Waals surface area contributed by atoms with Crippen molar-refractivity contribution in [1.29, 1.82) is 0 Å². The Morgan fingerprint density at radius 2 is 1.70 bits per heavy atom. The van der Waals surface area contributed by atoms with Crippen LogP contribution in [0.2, 0.25) is 0 Å². The molecule has 8 heteroatoms. The van der Waals surface area contributed by atoms with E-state index in [1.54, 1.807) is 38.3 Å². The van der Waals surface area contributed by atoms with Gasteiger partial charge in [-0.1, -0.05) is 26.0 Å². The molecular formula is C25H26N4O4. The first-order valence-corrected chi connectivity index (χ1v) is 10.8. The Hall–Kier alpha value is -3.94. The van der Waals surface area contributed by atoms with Crippen LogP contribution in [0.4, 0.5) is 0 Å². The summed E-state index contributed by atoms with van der Waals surface area (Å²) in [4.78, 5) is 43.6. The minimum Gasteiger partial charge on any atom is -0.497 e. The van der Waals surface area contributed by atoms with Crippen LogP contribution in [0.1, 0.15) is 42.6 Å². The molecule has 0 aliphatic carbocycles. The molecule has 0 radical (unpaired) electrons. The number of fused-ring (bicyclic) bond motifs is 1. The predicted octanol–water partition coefficient (Wildman–Crippen LogP) is 3.38. The summed E-state index contributed by atoms with van der Waals surface area (Å²) in [7, 11) is 1.56. The van der Waals surface area contributed by atoms with Gasteiger partial charge in [0.05, 0.1) is 25.7 Å². The molecule has 0 fully saturated rings. The molecular weight excluding hydrogens is 420 g/mol. The number of ketones is 1. The Kier molecular flexibility index (Phi) is 6.00. The molecule has 0 spiro atoms. The first-order valence-electron chi connectivity index (χ1n) is 10.8. The van der Waals surface area contributed by atoms with E-state index in [0.717, 1.165) is 10.1 Å². The van der Waals surface area contributed by atoms with Gasteiger partial charge < -0.3 is 9.30 Å². The summed E-state index contributed by atoms with van der Waals surface area (Å²) >= 11 is 0. The van der Waals surface area contributed by atoms with E-state index in [9.17, 15) is 14.4 Å². The minimum atomic E-state index is -0.465. The van der Waals surface area contributed by atoms with Crippen LogP contribution in [0.3, 0.4) is 0 Å². The highest BCUT2D eigenvalue weighted by atomic mass is 16.5. The lowest BCUT2D eigenvalue weighted by atomic mass is 10.0. The highest BCUT2D eigenvalue weighted by molar-refractivity contribution is 5.96. The highest BCUT2D eigenvalue weighted by Crippen LogP contribution is 2.19. The number of imidazole rings is 1. The van der Waals surface area contributed by atoms with E-state index in [1.807, 2.05) is 24.3 Å². The van der Waals surface area contributed by atoms with E-state index in [0.29, 0.717) is 22.9 Å². The van der Waals surface area contributed by atoms with Crippen molar-refractivity contribution >= 4 is 16.9 Å². The van der Waals surface area contributed by atoms with Gasteiger partial charge in [0.15, 0.2) is 16.9 Å². The van der Waals surface area contributed by atoms with Crippen molar-refractivity contribution in [1.82, 2.24) is 18.7 Å². The van der Waals surface area contributed by atoms with Gasteiger partial charge in [0.2, 0.25) is 0 Å². The highest BCUT2D eigenvalue weighted by Gasteiger charge is 2.20. The van der Waals surface area contributed by atoms with Crippen LogP contribution in [0, 0.1) is 0 Å². The van der Waals surface area contributed by atoms with Crippen LogP contribution in [0.5, 0.6) is 5.75 Å². The van der Waals surface area contributed by atoms with Crippen molar-refractivity contribution in [2.24, 2.45) is 0 Å². The maximum Gasteiger partial charge on any atom is 0.337 e. The van der Waals surface area contributed by atoms with Gasteiger partial charge >= 0.3 is 5.69 Å². The van der Waals surface area contributed by atoms with E-state index >= 15 is 0 Å². The summed E-state index contributed by atoms with van der Waals surface area (Å²) in [6.45, 7) is 6.06. The number of hydrogen-bond acceptors (Lipinski definition) is 5. The maximum atomic E-state index is 13.2. The number of aromatic nitrogens is 4. The molecule has 2 heterocycles. The van der Waals surface area contributed by atoms with Gasteiger partial charge in [-0.2, -0.15) is 0 Å². The molecule has 0 N–H and O–H groups in total. The lowest BCUT2D eigenvalue weighted by Crippen LogP contribution is -2.39. The monoisotopic (exact) mass is 446 g/mol. The molecule has 0 unspecified atom stereocenters. The minimum absolute atomic E-state index is 0.0771. The number of rotatable bonds is 7. The predicted molar refractivity (Wildman–Crippen MR) is 127 cm³/mol. The van der Waals surface area contributed by atoms with Crippen molar-refractivity contribution in [2.45, 2.75) is 39.8 Å². The molecule has 0 atom stereocenters. The fraction of sp³-hybridized carbons (Fsp3) is 0.280. The second kappa shape index (κ2) is 8.90. The van der Waals surface area contributed by atoms with Crippen molar-refractivity contribution in [3.63, 3.8) is 0 Å². The van der Waals surface area contributed by atoms with Gasteiger partial charge in [-0.3, -0.25) is 14.2 Å². The number of carbonyl (C=O) groups excluding carboxylic acids is 1. The Labute approximate surface area is 190 Å². The van der Waals surface area contributed by atoms with Crippen LogP contribution in [0.15, 0.2) is 64.4 Å². The van der Waals surface area contributed by atoms with Gasteiger partial charge in [0.25, 0.3) is 5.56 Å². The van der Waals surface area contributed by atoms with Crippen LogP contribution in [0.25, 0.3) is 16.9 Å². The lowest BCUT2D eigenvalue weighted by molar-refractivity contribution is 0.0973. The molecule has 2 aromatic carbocycles. The molecule has 0 aliphatic rings. The van der Waals surface area contributed by atoms with E-state index in [1.165, 1.54) is 15.5 Å². The Morgan fingerprint density at radius 3 is 2.27 bits per heavy atom. The van der Waals surface area contributed by atoms with E-state index in [-0.39, 0.29) is 30.0 Å². The third-order valence-electron chi connectivity index (χ3n) is 5.76. The lowest BCUT2D eigenvalue weighted by Gasteiger charge is -2.13. The summed E-state index contributed by atoms with van der Waals surface area (Å²) in [5, 5.41) is 0. The molecule has 8 nitrogen and oxygen atoms in total. The standard InChI is InChI=1S/C25H26N4O4/c1-5-28-24(31)22-23(29(25(28)32)19-10-6-17(7-11-19)16(2)3)26-15-27(22)14-21(30)18-8-12-20(33-4)13-9-18/h6-13,15-16H,5,14H2,1-4H3. The van der Waals surface area contributed by atoms with Crippen LogP contribution >= 0.6 is 0 Å². The van der Waals surface area contributed by atoms with Gasteiger partial charge in [-0.05, 0) is 54.8 Å². The van der Waals surface area contributed by atoms with Gasteiger partial charge in [-0.25, -0.2) is 14.3 Å². The van der Waals surface area contributed by atoms with Crippen molar-refractivity contribution in [3.05, 3.63) is 86.8 Å². The average Bonchev–Trinajstić information content (AvgIpc) is 3.23. The maximum absolute atomic E-state index is 13.2. The van der Waals surface area contributed by atoms with E-state index in [4.69, 9.17) is 4.74 Å². The molecule has 0 saturated carbocycles. The van der Waals surface area contributed by atoms with Gasteiger partial charge in [-0.15, -0.1) is 0 Å². The van der Waals surface area contributed by atoms with Crippen LogP contribution in [-0.2, 0) is 13.1 Å². The first kappa shape index (κ1) is 22.3. The number of methoxy groups -OCH3 is 1. The second-order valence-electron chi connectivity index (χ2n) is 8.11. The Balaban J connectivity index is 1.83. The second-order valence-corrected chi connectivity index (χ2v) is 8.11. The SMILES string of the molecule is CCn1c(=O)c2c(ncn2CC(=O)c2ccc(OC)cc2)n(-c2ccc(C(C)C)cc2)c1=O. The van der Waals surface area contributed by atoms with Gasteiger partial charge in [0.1, 0.15) is 5.75 Å². The molecule has 0 aliphatic heterocycles. The Morgan fingerprint density at radius 1 is 1.03 bits per heavy atom. The fourth-order valence-electron chi connectivity index (χ4n) is 3.84. The molecule has 0 saturated heterocycles. The van der Waals surface area contributed by atoms with Crippen molar-refractivity contribution in [2.75, 3.05) is 7.11 Å². The smallest absolute Gasteiger partial charge is 0.337 e. The molecule has 4 rings (SSSR count). The number of carbonyl (C=O) groups is 1. The van der Waals surface area contributed by atoms with Crippen molar-refractivity contribution in [3.8, 4) is 11.4 Å². The molecule has 0 amide bonds. The quantitative estimate of drug-likeness (QED) is 0.406. The molecule has 0 bridgehead atoms. The summed E-state index contributed by atoms with van der Waals surface area (Å²) in [6, 6.07) is 14.4. The van der Waals surface area contributed by atoms with Crippen LogP contribution in [-0.4, -0.2) is 31.6 Å². The third kappa shape index (κ3) is 4.00. The number of hydrogen-bond donors (Lipinski definition) is 0. The summed E-state index contributed by atoms with van der Waals surface area (Å²) in [5.74, 6) is 0.819. The third-order valence-corrected chi connectivity index (χ3v) is 5.76. The number of nitrogens with zero attached hydrogens (tertiary/aromatic N) is 4. The normalized spacial score (nSPS) is 11.3. The summed E-state index contributed by atoms with van der Waals surface area (Å²) < 4.78 is 9.24. The Bertz CT molecular complexity index is 1430. The molecule has 2 aromatic heterocycles. The van der Waals surface area contributed by atoms with Crippen molar-refractivity contribution < 1.29 is 9.53 Å². The molecule has 4 aromatic rings. The molecule has 170 valence electrons. The summed E-state index contributed by atoms with van der Waals surface area (Å²) in [6.07, 6.45) is 1.44. The summed E-state index contributed by atoms with van der Waals surface area (Å²) in [5.41, 5.74) is 1.77. The fourth-order valence-corrected chi connectivity index (χ4v) is 3.84. The number of ether oxygens (including phenoxy) is 1. The average molecular weight is 447 g/mol.